The number of hydrogen-bond acceptors (Lipinski definition) is 2. The summed E-state index contributed by atoms with van der Waals surface area (Å²) in [4.78, 5) is 0. The second kappa shape index (κ2) is 5.09. The largest absolute Gasteiger partial charge is 0.329 e. The summed E-state index contributed by atoms with van der Waals surface area (Å²) in [7, 11) is 0. The molecule has 0 aliphatic carbocycles. The smallest absolute Gasteiger partial charge is 0.123 e. The molecule has 1 aromatic rings. The molecule has 4 N–H and O–H groups in total. The van der Waals surface area contributed by atoms with Gasteiger partial charge in [-0.05, 0) is 17.7 Å². The van der Waals surface area contributed by atoms with Gasteiger partial charge in [0, 0.05) is 12.6 Å². The fourth-order valence-corrected chi connectivity index (χ4v) is 0.873. The van der Waals surface area contributed by atoms with E-state index in [0.717, 1.165) is 5.56 Å². The molecule has 0 amide bonds. The predicted molar refractivity (Wildman–Crippen MR) is 49.6 cm³/mol. The topological polar surface area (TPSA) is 52.0 Å². The van der Waals surface area contributed by atoms with Gasteiger partial charge in [-0.3, -0.25) is 0 Å². The number of hydrogen-bond donors (Lipinski definition) is 2. The highest BCUT2D eigenvalue weighted by Crippen LogP contribution is 2.09. The first kappa shape index (κ1) is 11.4. The molecule has 0 aromatic heterocycles. The lowest BCUT2D eigenvalue weighted by Gasteiger charge is -2.07. The Morgan fingerprint density at radius 2 is 2.08 bits per heavy atom. The van der Waals surface area contributed by atoms with Crippen LogP contribution in [-0.2, 0) is 0 Å². The molecule has 0 radical (unpaired) electrons. The molecular formula is C8H12ClFN2. The van der Waals surface area contributed by atoms with Crippen molar-refractivity contribution in [2.75, 3.05) is 6.54 Å². The lowest BCUT2D eigenvalue weighted by molar-refractivity contribution is 0.620. The molecule has 4 heteroatoms. The summed E-state index contributed by atoms with van der Waals surface area (Å²) in [5, 5.41) is 0. The average Bonchev–Trinajstić information content (AvgIpc) is 2.03. The van der Waals surface area contributed by atoms with E-state index in [1.165, 1.54) is 12.1 Å². The number of halogens is 2. The van der Waals surface area contributed by atoms with E-state index in [0.29, 0.717) is 6.54 Å². The van der Waals surface area contributed by atoms with Crippen LogP contribution in [0.3, 0.4) is 0 Å². The summed E-state index contributed by atoms with van der Waals surface area (Å²) >= 11 is 0. The van der Waals surface area contributed by atoms with Crippen molar-refractivity contribution < 1.29 is 4.39 Å². The molecule has 0 saturated carbocycles. The van der Waals surface area contributed by atoms with Crippen LogP contribution < -0.4 is 11.5 Å². The Morgan fingerprint density at radius 3 is 2.58 bits per heavy atom. The summed E-state index contributed by atoms with van der Waals surface area (Å²) in [5.74, 6) is -0.272. The van der Waals surface area contributed by atoms with Gasteiger partial charge in [-0.2, -0.15) is 0 Å². The van der Waals surface area contributed by atoms with Gasteiger partial charge in [-0.1, -0.05) is 12.1 Å². The van der Waals surface area contributed by atoms with Gasteiger partial charge >= 0.3 is 0 Å². The molecule has 0 unspecified atom stereocenters. The first-order valence-electron chi connectivity index (χ1n) is 3.45. The van der Waals surface area contributed by atoms with E-state index in [-0.39, 0.29) is 24.3 Å². The normalized spacial score (nSPS) is 11.9. The van der Waals surface area contributed by atoms with Crippen LogP contribution in [0.5, 0.6) is 0 Å². The molecule has 0 heterocycles. The van der Waals surface area contributed by atoms with Crippen LogP contribution in [0.15, 0.2) is 24.3 Å². The lowest BCUT2D eigenvalue weighted by Crippen LogP contribution is -2.20. The molecule has 12 heavy (non-hydrogen) atoms. The van der Waals surface area contributed by atoms with Crippen molar-refractivity contribution in [3.05, 3.63) is 35.6 Å². The summed E-state index contributed by atoms with van der Waals surface area (Å²) in [5.41, 5.74) is 11.6. The van der Waals surface area contributed by atoms with E-state index in [4.69, 9.17) is 11.5 Å². The minimum Gasteiger partial charge on any atom is -0.329 e. The molecule has 1 aromatic carbocycles. The molecule has 0 fully saturated rings. The quantitative estimate of drug-likeness (QED) is 0.737. The summed E-state index contributed by atoms with van der Waals surface area (Å²) in [6.45, 7) is 0.337. The van der Waals surface area contributed by atoms with Gasteiger partial charge in [-0.25, -0.2) is 4.39 Å². The lowest BCUT2D eigenvalue weighted by atomic mass is 10.1. The van der Waals surface area contributed by atoms with Gasteiger partial charge < -0.3 is 11.5 Å². The zero-order valence-corrected chi connectivity index (χ0v) is 7.35. The predicted octanol–water partition coefficient (Wildman–Crippen LogP) is 1.21. The molecular weight excluding hydrogens is 179 g/mol. The average molecular weight is 191 g/mol. The van der Waals surface area contributed by atoms with Crippen molar-refractivity contribution in [1.82, 2.24) is 0 Å². The molecule has 0 saturated heterocycles. The first-order valence-corrected chi connectivity index (χ1v) is 3.45. The number of nitrogens with two attached hydrogens (primary N) is 2. The van der Waals surface area contributed by atoms with E-state index < -0.39 is 0 Å². The van der Waals surface area contributed by atoms with Gasteiger partial charge in [0.25, 0.3) is 0 Å². The molecule has 0 aliphatic rings. The maximum atomic E-state index is 12.6. The second-order valence-electron chi connectivity index (χ2n) is 2.40. The maximum absolute atomic E-state index is 12.6. The third-order valence-electron chi connectivity index (χ3n) is 1.53. The third kappa shape index (κ3) is 2.77. The van der Waals surface area contributed by atoms with Crippen LogP contribution in [0.4, 0.5) is 4.39 Å². The minimum absolute atomic E-state index is 0. The Labute approximate surface area is 77.2 Å². The van der Waals surface area contributed by atoms with Crippen molar-refractivity contribution >= 4 is 12.4 Å². The van der Waals surface area contributed by atoms with E-state index >= 15 is 0 Å². The van der Waals surface area contributed by atoms with Gasteiger partial charge in [0.05, 0.1) is 0 Å². The molecule has 1 atom stereocenters. The summed E-state index contributed by atoms with van der Waals surface area (Å²) in [6.07, 6.45) is 0. The van der Waals surface area contributed by atoms with Crippen LogP contribution in [-0.4, -0.2) is 6.54 Å². The van der Waals surface area contributed by atoms with E-state index in [1.54, 1.807) is 12.1 Å². The van der Waals surface area contributed by atoms with Gasteiger partial charge in [-0.15, -0.1) is 12.4 Å². The molecule has 0 spiro atoms. The van der Waals surface area contributed by atoms with Crippen LogP contribution in [0.2, 0.25) is 0 Å². The van der Waals surface area contributed by atoms with E-state index in [1.807, 2.05) is 0 Å². The molecule has 0 aliphatic heterocycles. The van der Waals surface area contributed by atoms with E-state index in [2.05, 4.69) is 0 Å². The zero-order valence-electron chi connectivity index (χ0n) is 6.53. The summed E-state index contributed by atoms with van der Waals surface area (Å²) < 4.78 is 12.6. The Bertz CT molecular complexity index is 242. The second-order valence-corrected chi connectivity index (χ2v) is 2.40. The van der Waals surface area contributed by atoms with Crippen molar-refractivity contribution in [3.8, 4) is 0 Å². The van der Waals surface area contributed by atoms with Gasteiger partial charge in [0.15, 0.2) is 0 Å². The van der Waals surface area contributed by atoms with Crippen LogP contribution >= 0.6 is 12.4 Å². The SMILES string of the molecule is Cl.NC[C@H](N)c1cccc(F)c1. The fourth-order valence-electron chi connectivity index (χ4n) is 0.873. The van der Waals surface area contributed by atoms with Crippen molar-refractivity contribution in [1.29, 1.82) is 0 Å². The van der Waals surface area contributed by atoms with E-state index in [9.17, 15) is 4.39 Å². The molecule has 68 valence electrons. The highest BCUT2D eigenvalue weighted by Gasteiger charge is 2.02. The first-order chi connectivity index (χ1) is 5.24. The summed E-state index contributed by atoms with van der Waals surface area (Å²) in [6, 6.07) is 5.91. The highest BCUT2D eigenvalue weighted by atomic mass is 35.5. The number of benzene rings is 1. The van der Waals surface area contributed by atoms with Crippen molar-refractivity contribution in [2.45, 2.75) is 6.04 Å². The van der Waals surface area contributed by atoms with Crippen molar-refractivity contribution in [2.24, 2.45) is 11.5 Å². The van der Waals surface area contributed by atoms with Crippen LogP contribution in [0, 0.1) is 5.82 Å². The standard InChI is InChI=1S/C8H11FN2.ClH/c9-7-3-1-2-6(4-7)8(11)5-10;/h1-4,8H,5,10-11H2;1H/t8-;/m0./s1. The van der Waals surface area contributed by atoms with Crippen LogP contribution in [0.1, 0.15) is 11.6 Å². The Hall–Kier alpha value is -0.640. The molecule has 0 bridgehead atoms. The van der Waals surface area contributed by atoms with Crippen LogP contribution in [0.25, 0.3) is 0 Å². The maximum Gasteiger partial charge on any atom is 0.123 e. The Kier molecular flexibility index (Phi) is 4.81. The Balaban J connectivity index is 0.00000121. The highest BCUT2D eigenvalue weighted by molar-refractivity contribution is 5.85. The monoisotopic (exact) mass is 190 g/mol. The van der Waals surface area contributed by atoms with Gasteiger partial charge in [0.1, 0.15) is 5.82 Å². The van der Waals surface area contributed by atoms with Crippen molar-refractivity contribution in [3.63, 3.8) is 0 Å². The zero-order chi connectivity index (χ0) is 8.27. The third-order valence-corrected chi connectivity index (χ3v) is 1.53. The molecule has 2 nitrogen and oxygen atoms in total. The van der Waals surface area contributed by atoms with Gasteiger partial charge in [0.2, 0.25) is 0 Å². The fraction of sp³-hybridized carbons (Fsp3) is 0.250. The number of rotatable bonds is 2. The Morgan fingerprint density at radius 1 is 1.42 bits per heavy atom. The molecule has 1 rings (SSSR count). The minimum atomic E-state index is -0.272.